The van der Waals surface area contributed by atoms with Crippen molar-refractivity contribution in [2.24, 2.45) is 0 Å². The van der Waals surface area contributed by atoms with E-state index < -0.39 is 9.84 Å². The summed E-state index contributed by atoms with van der Waals surface area (Å²) in [6, 6.07) is 10.6. The number of sulfone groups is 1. The number of rotatable bonds is 4. The van der Waals surface area contributed by atoms with Crippen LogP contribution in [0.4, 0.5) is 0 Å². The van der Waals surface area contributed by atoms with Gasteiger partial charge in [0.1, 0.15) is 9.84 Å². The predicted octanol–water partition coefficient (Wildman–Crippen LogP) is 1.07. The van der Waals surface area contributed by atoms with Gasteiger partial charge in [-0.1, -0.05) is 30.3 Å². The van der Waals surface area contributed by atoms with E-state index in [9.17, 15) is 8.42 Å². The molecule has 0 aromatic heterocycles. The second kappa shape index (κ2) is 6.50. The Labute approximate surface area is 115 Å². The third-order valence-electron chi connectivity index (χ3n) is 3.46. The number of hydrogen-bond donors (Lipinski definition) is 1. The first-order chi connectivity index (χ1) is 9.04. The van der Waals surface area contributed by atoms with Crippen LogP contribution in [0.1, 0.15) is 18.0 Å². The molecule has 1 N–H and O–H groups in total. The summed E-state index contributed by atoms with van der Waals surface area (Å²) < 4.78 is 22.5. The molecule has 1 fully saturated rings. The summed E-state index contributed by atoms with van der Waals surface area (Å²) in [5.74, 6) is 0.245. The van der Waals surface area contributed by atoms with Crippen molar-refractivity contribution in [1.82, 2.24) is 10.2 Å². The monoisotopic (exact) mass is 282 g/mol. The molecule has 1 aromatic carbocycles. The van der Waals surface area contributed by atoms with Gasteiger partial charge in [0.05, 0.1) is 5.75 Å². The minimum absolute atomic E-state index is 0.245. The molecule has 4 nitrogen and oxygen atoms in total. The standard InChI is InChI=1S/C14H22N2O2S/c1-19(17,18)11-10-16-9-5-8-15-14(12-16)13-6-3-2-4-7-13/h2-4,6-7,14-15H,5,8-12H2,1H3. The first-order valence-corrected chi connectivity index (χ1v) is 8.79. The van der Waals surface area contributed by atoms with Gasteiger partial charge >= 0.3 is 0 Å². The van der Waals surface area contributed by atoms with Crippen LogP contribution in [0.2, 0.25) is 0 Å². The molecule has 0 amide bonds. The van der Waals surface area contributed by atoms with Crippen LogP contribution >= 0.6 is 0 Å². The smallest absolute Gasteiger partial charge is 0.148 e. The van der Waals surface area contributed by atoms with Crippen molar-refractivity contribution in [2.45, 2.75) is 12.5 Å². The van der Waals surface area contributed by atoms with Gasteiger partial charge in [0.15, 0.2) is 0 Å². The number of benzene rings is 1. The molecule has 1 aliphatic rings. The summed E-state index contributed by atoms with van der Waals surface area (Å²) in [5, 5.41) is 3.53. The SMILES string of the molecule is CS(=O)(=O)CCN1CCCNC(c2ccccc2)C1. The normalized spacial score (nSPS) is 22.1. The van der Waals surface area contributed by atoms with Gasteiger partial charge in [-0.2, -0.15) is 0 Å². The topological polar surface area (TPSA) is 49.4 Å². The molecule has 1 atom stereocenters. The maximum atomic E-state index is 11.3. The average Bonchev–Trinajstić information content (AvgIpc) is 2.62. The van der Waals surface area contributed by atoms with Crippen LogP contribution in [0.15, 0.2) is 30.3 Å². The minimum Gasteiger partial charge on any atom is -0.309 e. The Morgan fingerprint density at radius 3 is 2.74 bits per heavy atom. The van der Waals surface area contributed by atoms with Crippen molar-refractivity contribution in [3.63, 3.8) is 0 Å². The third-order valence-corrected chi connectivity index (χ3v) is 4.39. The van der Waals surface area contributed by atoms with Crippen molar-refractivity contribution >= 4 is 9.84 Å². The van der Waals surface area contributed by atoms with Gasteiger partial charge in [-0.15, -0.1) is 0 Å². The quantitative estimate of drug-likeness (QED) is 0.897. The van der Waals surface area contributed by atoms with Crippen LogP contribution in [0.25, 0.3) is 0 Å². The van der Waals surface area contributed by atoms with E-state index in [0.29, 0.717) is 12.6 Å². The average molecular weight is 282 g/mol. The lowest BCUT2D eigenvalue weighted by Crippen LogP contribution is -2.34. The minimum atomic E-state index is -2.88. The molecular weight excluding hydrogens is 260 g/mol. The fraction of sp³-hybridized carbons (Fsp3) is 0.571. The number of nitrogens with one attached hydrogen (secondary N) is 1. The lowest BCUT2D eigenvalue weighted by atomic mass is 10.1. The molecule has 1 unspecified atom stereocenters. The molecule has 1 saturated heterocycles. The molecule has 1 aromatic rings. The van der Waals surface area contributed by atoms with Crippen molar-refractivity contribution < 1.29 is 8.42 Å². The van der Waals surface area contributed by atoms with Gasteiger partial charge < -0.3 is 10.2 Å². The molecule has 0 radical (unpaired) electrons. The summed E-state index contributed by atoms with van der Waals surface area (Å²) in [6.45, 7) is 3.45. The molecule has 0 aliphatic carbocycles. The van der Waals surface area contributed by atoms with E-state index in [1.165, 1.54) is 11.8 Å². The van der Waals surface area contributed by atoms with E-state index >= 15 is 0 Å². The zero-order valence-electron chi connectivity index (χ0n) is 11.4. The maximum Gasteiger partial charge on any atom is 0.148 e. The zero-order valence-corrected chi connectivity index (χ0v) is 12.2. The highest BCUT2D eigenvalue weighted by atomic mass is 32.2. The van der Waals surface area contributed by atoms with Crippen LogP contribution in [0.3, 0.4) is 0 Å². The van der Waals surface area contributed by atoms with E-state index in [0.717, 1.165) is 26.1 Å². The highest BCUT2D eigenvalue weighted by molar-refractivity contribution is 7.90. The van der Waals surface area contributed by atoms with Gasteiger partial charge in [-0.3, -0.25) is 0 Å². The van der Waals surface area contributed by atoms with Gasteiger partial charge in [0.2, 0.25) is 0 Å². The van der Waals surface area contributed by atoms with E-state index in [2.05, 4.69) is 22.3 Å². The van der Waals surface area contributed by atoms with Gasteiger partial charge in [0.25, 0.3) is 0 Å². The highest BCUT2D eigenvalue weighted by Gasteiger charge is 2.19. The Morgan fingerprint density at radius 1 is 1.32 bits per heavy atom. The van der Waals surface area contributed by atoms with E-state index in [1.807, 2.05) is 18.2 Å². The Morgan fingerprint density at radius 2 is 2.05 bits per heavy atom. The lowest BCUT2D eigenvalue weighted by Gasteiger charge is -2.24. The van der Waals surface area contributed by atoms with Crippen LogP contribution in [-0.4, -0.2) is 51.5 Å². The molecule has 2 rings (SSSR count). The second-order valence-electron chi connectivity index (χ2n) is 5.20. The van der Waals surface area contributed by atoms with E-state index in [4.69, 9.17) is 0 Å². The number of hydrogen-bond acceptors (Lipinski definition) is 4. The number of nitrogens with zero attached hydrogens (tertiary/aromatic N) is 1. The third kappa shape index (κ3) is 4.93. The van der Waals surface area contributed by atoms with Gasteiger partial charge in [0, 0.05) is 25.4 Å². The molecule has 0 saturated carbocycles. The first-order valence-electron chi connectivity index (χ1n) is 6.73. The molecule has 5 heteroatoms. The highest BCUT2D eigenvalue weighted by Crippen LogP contribution is 2.16. The van der Waals surface area contributed by atoms with Crippen LogP contribution in [0, 0.1) is 0 Å². The summed E-state index contributed by atoms with van der Waals surface area (Å²) in [5.41, 5.74) is 1.27. The zero-order chi connectivity index (χ0) is 13.7. The largest absolute Gasteiger partial charge is 0.309 e. The van der Waals surface area contributed by atoms with E-state index in [1.54, 1.807) is 0 Å². The second-order valence-corrected chi connectivity index (χ2v) is 7.46. The Balaban J connectivity index is 1.99. The molecule has 1 aliphatic heterocycles. The fourth-order valence-corrected chi connectivity index (χ4v) is 2.99. The molecule has 1 heterocycles. The maximum absolute atomic E-state index is 11.3. The summed E-state index contributed by atoms with van der Waals surface area (Å²) >= 11 is 0. The van der Waals surface area contributed by atoms with Crippen molar-refractivity contribution in [1.29, 1.82) is 0 Å². The Hall–Kier alpha value is -0.910. The lowest BCUT2D eigenvalue weighted by molar-refractivity contribution is 0.283. The van der Waals surface area contributed by atoms with Crippen LogP contribution in [0.5, 0.6) is 0 Å². The molecular formula is C14H22N2O2S. The van der Waals surface area contributed by atoms with Gasteiger partial charge in [-0.05, 0) is 25.1 Å². The van der Waals surface area contributed by atoms with Crippen molar-refractivity contribution in [3.8, 4) is 0 Å². The molecule has 0 bridgehead atoms. The summed E-state index contributed by atoms with van der Waals surface area (Å²) in [7, 11) is -2.88. The molecule has 106 valence electrons. The van der Waals surface area contributed by atoms with Gasteiger partial charge in [-0.25, -0.2) is 8.42 Å². The first kappa shape index (κ1) is 14.5. The van der Waals surface area contributed by atoms with Crippen LogP contribution < -0.4 is 5.32 Å². The Bertz CT molecular complexity index is 487. The predicted molar refractivity (Wildman–Crippen MR) is 78.0 cm³/mol. The van der Waals surface area contributed by atoms with Crippen molar-refractivity contribution in [3.05, 3.63) is 35.9 Å². The summed E-state index contributed by atoms with van der Waals surface area (Å²) in [4.78, 5) is 2.25. The Kier molecular flexibility index (Phi) is 4.96. The molecule has 19 heavy (non-hydrogen) atoms. The molecule has 0 spiro atoms. The van der Waals surface area contributed by atoms with Crippen LogP contribution in [-0.2, 0) is 9.84 Å². The van der Waals surface area contributed by atoms with E-state index in [-0.39, 0.29) is 5.75 Å². The summed E-state index contributed by atoms with van der Waals surface area (Å²) in [6.07, 6.45) is 2.37. The van der Waals surface area contributed by atoms with Crippen molar-refractivity contribution in [2.75, 3.05) is 38.2 Å². The fourth-order valence-electron chi connectivity index (χ4n) is 2.40.